The van der Waals surface area contributed by atoms with E-state index in [9.17, 15) is 13.6 Å². The second-order valence-electron chi connectivity index (χ2n) is 6.23. The Morgan fingerprint density at radius 2 is 1.55 bits per heavy atom. The Balaban J connectivity index is 0.000000309. The Hall–Kier alpha value is -2.68. The number of carbonyl (C=O) groups is 1. The van der Waals surface area contributed by atoms with Crippen LogP contribution in [0.2, 0.25) is 0 Å². The summed E-state index contributed by atoms with van der Waals surface area (Å²) < 4.78 is 25.5. The fraction of sp³-hybridized carbons (Fsp3) is 0.409. The summed E-state index contributed by atoms with van der Waals surface area (Å²) in [6.07, 6.45) is 9.89. The van der Waals surface area contributed by atoms with E-state index in [1.165, 1.54) is 12.8 Å². The first-order chi connectivity index (χ1) is 15.0. The molecule has 1 saturated heterocycles. The molecular formula is C22H31F2N5OS. The van der Waals surface area contributed by atoms with E-state index in [1.54, 1.807) is 29.5 Å². The molecule has 3 aromatic rings. The van der Waals surface area contributed by atoms with Gasteiger partial charge in [-0.1, -0.05) is 13.8 Å². The zero-order chi connectivity index (χ0) is 23.2. The molecule has 1 aromatic carbocycles. The molecule has 0 aliphatic carbocycles. The van der Waals surface area contributed by atoms with E-state index >= 15 is 0 Å². The van der Waals surface area contributed by atoms with Crippen molar-refractivity contribution in [1.29, 1.82) is 0 Å². The number of fused-ring (bicyclic) bond motifs is 1. The van der Waals surface area contributed by atoms with Gasteiger partial charge < -0.3 is 10.2 Å². The molecule has 4 rings (SSSR count). The average Bonchev–Trinajstić information content (AvgIpc) is 3.47. The SMILES string of the molecule is CC.CNC(=O)c1cnn2ccc(N3CCCC3)nc12.CSC.Fc1ccc(F)cc1. The van der Waals surface area contributed by atoms with E-state index in [-0.39, 0.29) is 5.91 Å². The van der Waals surface area contributed by atoms with Crippen LogP contribution < -0.4 is 10.2 Å². The van der Waals surface area contributed by atoms with Gasteiger partial charge in [-0.2, -0.15) is 16.9 Å². The molecule has 0 saturated carbocycles. The lowest BCUT2D eigenvalue weighted by Gasteiger charge is -2.15. The van der Waals surface area contributed by atoms with Crippen LogP contribution in [0, 0.1) is 11.6 Å². The van der Waals surface area contributed by atoms with Crippen LogP contribution in [0.25, 0.3) is 5.65 Å². The predicted molar refractivity (Wildman–Crippen MR) is 125 cm³/mol. The Kier molecular flexibility index (Phi) is 12.2. The number of thioether (sulfide) groups is 1. The number of aromatic nitrogens is 3. The van der Waals surface area contributed by atoms with Crippen molar-refractivity contribution in [3.05, 3.63) is 59.9 Å². The standard InChI is InChI=1S/C12H15N5O.C6H4F2.C2H6S.C2H6/c1-13-12(18)9-8-14-17-7-4-10(15-11(9)17)16-5-2-3-6-16;7-5-1-2-6(8)4-3-5;1-3-2;1-2/h4,7-8H,2-3,5-6H2,1H3,(H,13,18);1-4H;1-2H3;1-2H3. The zero-order valence-corrected chi connectivity index (χ0v) is 19.5. The normalized spacial score (nSPS) is 12.0. The summed E-state index contributed by atoms with van der Waals surface area (Å²) in [5.41, 5.74) is 1.12. The van der Waals surface area contributed by atoms with Crippen LogP contribution in [0.1, 0.15) is 37.0 Å². The van der Waals surface area contributed by atoms with Crippen LogP contribution >= 0.6 is 11.8 Å². The van der Waals surface area contributed by atoms with Gasteiger partial charge in [0.15, 0.2) is 5.65 Å². The van der Waals surface area contributed by atoms with Crippen LogP contribution in [-0.4, -0.2) is 53.2 Å². The highest BCUT2D eigenvalue weighted by Gasteiger charge is 2.17. The van der Waals surface area contributed by atoms with E-state index in [2.05, 4.69) is 20.3 Å². The minimum absolute atomic E-state index is 0.156. The van der Waals surface area contributed by atoms with Crippen LogP contribution in [0.15, 0.2) is 42.7 Å². The fourth-order valence-corrected chi connectivity index (χ4v) is 2.71. The van der Waals surface area contributed by atoms with E-state index in [1.807, 2.05) is 38.6 Å². The number of amides is 1. The maximum Gasteiger partial charge on any atom is 0.256 e. The van der Waals surface area contributed by atoms with E-state index < -0.39 is 11.6 Å². The Bertz CT molecular complexity index is 891. The Labute approximate surface area is 187 Å². The average molecular weight is 452 g/mol. The summed E-state index contributed by atoms with van der Waals surface area (Å²) in [4.78, 5) is 18.5. The smallest absolute Gasteiger partial charge is 0.256 e. The summed E-state index contributed by atoms with van der Waals surface area (Å²) in [6.45, 7) is 6.07. The highest BCUT2D eigenvalue weighted by Crippen LogP contribution is 2.19. The van der Waals surface area contributed by atoms with Crippen LogP contribution in [0.3, 0.4) is 0 Å². The molecule has 2 aromatic heterocycles. The first kappa shape index (κ1) is 26.4. The quantitative estimate of drug-likeness (QED) is 0.614. The number of benzene rings is 1. The van der Waals surface area contributed by atoms with Gasteiger partial charge in [0.1, 0.15) is 23.0 Å². The molecule has 1 aliphatic heterocycles. The largest absolute Gasteiger partial charge is 0.357 e. The van der Waals surface area contributed by atoms with Crippen molar-refractivity contribution in [1.82, 2.24) is 19.9 Å². The lowest BCUT2D eigenvalue weighted by molar-refractivity contribution is 0.0964. The number of hydrogen-bond donors (Lipinski definition) is 1. The molecule has 0 bridgehead atoms. The highest BCUT2D eigenvalue weighted by atomic mass is 32.2. The summed E-state index contributed by atoms with van der Waals surface area (Å²) >= 11 is 1.75. The lowest BCUT2D eigenvalue weighted by Crippen LogP contribution is -2.20. The first-order valence-electron chi connectivity index (χ1n) is 10.1. The minimum atomic E-state index is -0.411. The number of hydrogen-bond acceptors (Lipinski definition) is 5. The van der Waals surface area contributed by atoms with Crippen molar-refractivity contribution < 1.29 is 13.6 Å². The third-order valence-electron chi connectivity index (χ3n) is 4.06. The predicted octanol–water partition coefficient (Wildman–Crippen LogP) is 4.66. The summed E-state index contributed by atoms with van der Waals surface area (Å²) in [7, 11) is 1.61. The van der Waals surface area contributed by atoms with Crippen molar-refractivity contribution in [3.8, 4) is 0 Å². The molecule has 1 aliphatic rings. The molecule has 1 N–H and O–H groups in total. The summed E-state index contributed by atoms with van der Waals surface area (Å²) in [6, 6.07) is 6.26. The summed E-state index contributed by atoms with van der Waals surface area (Å²) in [5, 5.41) is 6.73. The van der Waals surface area contributed by atoms with Crippen LogP contribution in [0.4, 0.5) is 14.6 Å². The van der Waals surface area contributed by atoms with Gasteiger partial charge in [-0.05, 0) is 55.7 Å². The van der Waals surface area contributed by atoms with Gasteiger partial charge in [0.25, 0.3) is 5.91 Å². The molecule has 0 atom stereocenters. The molecule has 31 heavy (non-hydrogen) atoms. The first-order valence-corrected chi connectivity index (χ1v) is 11.8. The zero-order valence-electron chi connectivity index (χ0n) is 18.7. The number of halogens is 2. The third-order valence-corrected chi connectivity index (χ3v) is 4.06. The lowest BCUT2D eigenvalue weighted by atomic mass is 10.3. The van der Waals surface area contributed by atoms with Gasteiger partial charge in [-0.3, -0.25) is 4.79 Å². The third kappa shape index (κ3) is 8.16. The Morgan fingerprint density at radius 1 is 1.03 bits per heavy atom. The van der Waals surface area contributed by atoms with Crippen molar-refractivity contribution in [2.24, 2.45) is 0 Å². The van der Waals surface area contributed by atoms with Crippen LogP contribution in [0.5, 0.6) is 0 Å². The number of rotatable bonds is 2. The monoisotopic (exact) mass is 451 g/mol. The highest BCUT2D eigenvalue weighted by molar-refractivity contribution is 7.97. The molecule has 6 nitrogen and oxygen atoms in total. The van der Waals surface area contributed by atoms with Gasteiger partial charge in [0.2, 0.25) is 0 Å². The number of nitrogens with zero attached hydrogens (tertiary/aromatic N) is 4. The maximum absolute atomic E-state index is 11.9. The fourth-order valence-electron chi connectivity index (χ4n) is 2.71. The van der Waals surface area contributed by atoms with Gasteiger partial charge >= 0.3 is 0 Å². The molecule has 3 heterocycles. The molecule has 0 unspecified atom stereocenters. The number of carbonyl (C=O) groups excluding carboxylic acids is 1. The molecule has 0 radical (unpaired) electrons. The second kappa shape index (κ2) is 14.3. The molecular weight excluding hydrogens is 420 g/mol. The van der Waals surface area contributed by atoms with Crippen molar-refractivity contribution >= 4 is 29.1 Å². The molecule has 1 amide bonds. The molecule has 0 spiro atoms. The number of anilines is 1. The van der Waals surface area contributed by atoms with Crippen molar-refractivity contribution in [2.75, 3.05) is 37.5 Å². The molecule has 170 valence electrons. The molecule has 1 fully saturated rings. The summed E-state index contributed by atoms with van der Waals surface area (Å²) in [5.74, 6) is -0.0560. The van der Waals surface area contributed by atoms with Crippen LogP contribution in [-0.2, 0) is 0 Å². The van der Waals surface area contributed by atoms with E-state index in [4.69, 9.17) is 0 Å². The van der Waals surface area contributed by atoms with E-state index in [0.717, 1.165) is 43.2 Å². The second-order valence-corrected chi connectivity index (χ2v) is 7.05. The minimum Gasteiger partial charge on any atom is -0.357 e. The van der Waals surface area contributed by atoms with Gasteiger partial charge in [0.05, 0.1) is 6.20 Å². The number of nitrogens with one attached hydrogen (secondary N) is 1. The topological polar surface area (TPSA) is 62.5 Å². The van der Waals surface area contributed by atoms with Gasteiger partial charge in [-0.15, -0.1) is 0 Å². The molecule has 9 heteroatoms. The van der Waals surface area contributed by atoms with Gasteiger partial charge in [0, 0.05) is 26.3 Å². The van der Waals surface area contributed by atoms with Crippen molar-refractivity contribution in [2.45, 2.75) is 26.7 Å². The Morgan fingerprint density at radius 3 is 2.03 bits per heavy atom. The van der Waals surface area contributed by atoms with E-state index in [0.29, 0.717) is 11.2 Å². The maximum atomic E-state index is 11.9. The van der Waals surface area contributed by atoms with Gasteiger partial charge in [-0.25, -0.2) is 18.3 Å². The van der Waals surface area contributed by atoms with Crippen molar-refractivity contribution in [3.63, 3.8) is 0 Å².